The lowest BCUT2D eigenvalue weighted by Crippen LogP contribution is -2.46. The maximum atomic E-state index is 11.5. The number of piperazine rings is 1. The molecule has 6 nitrogen and oxygen atoms in total. The first kappa shape index (κ1) is 16.1. The summed E-state index contributed by atoms with van der Waals surface area (Å²) >= 11 is 0. The lowest BCUT2D eigenvalue weighted by atomic mass is 10.2. The van der Waals surface area contributed by atoms with Crippen LogP contribution in [0.25, 0.3) is 0 Å². The molecule has 1 aliphatic heterocycles. The number of amides is 1. The van der Waals surface area contributed by atoms with Crippen molar-refractivity contribution in [3.8, 4) is 0 Å². The quantitative estimate of drug-likeness (QED) is 0.936. The summed E-state index contributed by atoms with van der Waals surface area (Å²) in [6.07, 6.45) is 1.23. The highest BCUT2D eigenvalue weighted by Crippen LogP contribution is 2.21. The Balaban J connectivity index is 1.61. The van der Waals surface area contributed by atoms with Gasteiger partial charge in [0.15, 0.2) is 0 Å². The minimum Gasteiger partial charge on any atom is -0.450 e. The third-order valence-electron chi connectivity index (χ3n) is 4.02. The molecule has 0 radical (unpaired) electrons. The Morgan fingerprint density at radius 2 is 1.75 bits per heavy atom. The van der Waals surface area contributed by atoms with Crippen LogP contribution in [0.4, 0.5) is 22.0 Å². The summed E-state index contributed by atoms with van der Waals surface area (Å²) in [6.45, 7) is 5.90. The second-order valence-electron chi connectivity index (χ2n) is 5.55. The molecule has 0 unspecified atom stereocenters. The van der Waals surface area contributed by atoms with E-state index in [4.69, 9.17) is 4.74 Å². The number of para-hydroxylation sites is 1. The van der Waals surface area contributed by atoms with E-state index >= 15 is 0 Å². The van der Waals surface area contributed by atoms with Crippen molar-refractivity contribution in [3.05, 3.63) is 48.7 Å². The highest BCUT2D eigenvalue weighted by molar-refractivity contribution is 5.84. The zero-order valence-electron chi connectivity index (χ0n) is 13.8. The topological polar surface area (TPSA) is 57.7 Å². The number of hydrogen-bond acceptors (Lipinski definition) is 5. The normalized spacial score (nSPS) is 14.4. The van der Waals surface area contributed by atoms with E-state index in [1.54, 1.807) is 13.1 Å². The first-order chi connectivity index (χ1) is 11.8. The number of ether oxygens (including phenoxy) is 1. The number of rotatable bonds is 4. The van der Waals surface area contributed by atoms with Gasteiger partial charge in [-0.15, -0.1) is 0 Å². The average Bonchev–Trinajstić information content (AvgIpc) is 2.63. The monoisotopic (exact) mass is 326 g/mol. The Kier molecular flexibility index (Phi) is 5.15. The van der Waals surface area contributed by atoms with E-state index in [0.29, 0.717) is 12.4 Å². The number of aromatic nitrogens is 1. The zero-order chi connectivity index (χ0) is 16.8. The zero-order valence-corrected chi connectivity index (χ0v) is 13.8. The van der Waals surface area contributed by atoms with Gasteiger partial charge in [-0.05, 0) is 25.1 Å². The molecule has 6 heteroatoms. The van der Waals surface area contributed by atoms with E-state index in [1.807, 2.05) is 18.2 Å². The number of pyridine rings is 1. The molecule has 1 fully saturated rings. The predicted octanol–water partition coefficient (Wildman–Crippen LogP) is 2.98. The first-order valence-corrected chi connectivity index (χ1v) is 8.21. The third kappa shape index (κ3) is 3.95. The van der Waals surface area contributed by atoms with E-state index in [-0.39, 0.29) is 0 Å². The van der Waals surface area contributed by atoms with Crippen molar-refractivity contribution in [2.75, 3.05) is 47.9 Å². The van der Waals surface area contributed by atoms with Crippen molar-refractivity contribution in [2.24, 2.45) is 0 Å². The molecule has 2 heterocycles. The number of nitrogens with zero attached hydrogens (tertiary/aromatic N) is 3. The van der Waals surface area contributed by atoms with Crippen molar-refractivity contribution >= 4 is 23.3 Å². The lowest BCUT2D eigenvalue weighted by Gasteiger charge is -2.37. The van der Waals surface area contributed by atoms with Crippen molar-refractivity contribution in [3.63, 3.8) is 0 Å². The summed E-state index contributed by atoms with van der Waals surface area (Å²) < 4.78 is 4.88. The number of benzene rings is 1. The summed E-state index contributed by atoms with van der Waals surface area (Å²) in [6, 6.07) is 14.3. The minimum atomic E-state index is -0.476. The van der Waals surface area contributed by atoms with Gasteiger partial charge in [-0.1, -0.05) is 18.2 Å². The third-order valence-corrected chi connectivity index (χ3v) is 4.02. The maximum absolute atomic E-state index is 11.5. The molecule has 3 rings (SSSR count). The highest BCUT2D eigenvalue weighted by Gasteiger charge is 2.18. The standard InChI is InChI=1S/C18H22N4O2/c1-2-24-18(23)20-17-14-16(8-9-19-17)22-12-10-21(11-13-22)15-6-4-3-5-7-15/h3-9,14H,2,10-13H2,1H3,(H,19,20,23). The molecule has 2 aromatic rings. The van der Waals surface area contributed by atoms with Crippen LogP contribution in [-0.2, 0) is 4.74 Å². The molecule has 0 saturated carbocycles. The van der Waals surface area contributed by atoms with Crippen LogP contribution < -0.4 is 15.1 Å². The van der Waals surface area contributed by atoms with Crippen LogP contribution in [0.2, 0.25) is 0 Å². The SMILES string of the molecule is CCOC(=O)Nc1cc(N2CCN(c3ccccc3)CC2)ccn1. The van der Waals surface area contributed by atoms with E-state index in [0.717, 1.165) is 31.9 Å². The van der Waals surface area contributed by atoms with Gasteiger partial charge in [0.05, 0.1) is 6.61 Å². The molecule has 126 valence electrons. The fourth-order valence-electron chi connectivity index (χ4n) is 2.82. The fraction of sp³-hybridized carbons (Fsp3) is 0.333. The number of carbonyl (C=O) groups excluding carboxylic acids is 1. The first-order valence-electron chi connectivity index (χ1n) is 8.21. The van der Waals surface area contributed by atoms with Crippen LogP contribution >= 0.6 is 0 Å². The Bertz CT molecular complexity index is 670. The Labute approximate surface area is 142 Å². The largest absolute Gasteiger partial charge is 0.450 e. The molecule has 24 heavy (non-hydrogen) atoms. The number of anilines is 3. The highest BCUT2D eigenvalue weighted by atomic mass is 16.5. The Morgan fingerprint density at radius 1 is 1.08 bits per heavy atom. The van der Waals surface area contributed by atoms with Gasteiger partial charge in [0.2, 0.25) is 0 Å². The summed E-state index contributed by atoms with van der Waals surface area (Å²) in [7, 11) is 0. The molecule has 1 N–H and O–H groups in total. The van der Waals surface area contributed by atoms with Crippen LogP contribution in [0.5, 0.6) is 0 Å². The molecule has 1 amide bonds. The van der Waals surface area contributed by atoms with Gasteiger partial charge in [-0.3, -0.25) is 5.32 Å². The number of nitrogens with one attached hydrogen (secondary N) is 1. The van der Waals surface area contributed by atoms with E-state index in [1.165, 1.54) is 5.69 Å². The smallest absolute Gasteiger partial charge is 0.412 e. The van der Waals surface area contributed by atoms with E-state index in [2.05, 4.69) is 44.4 Å². The van der Waals surface area contributed by atoms with Crippen molar-refractivity contribution in [1.82, 2.24) is 4.98 Å². The van der Waals surface area contributed by atoms with Crippen LogP contribution in [0.15, 0.2) is 48.7 Å². The second kappa shape index (κ2) is 7.68. The van der Waals surface area contributed by atoms with E-state index in [9.17, 15) is 4.79 Å². The number of carbonyl (C=O) groups is 1. The van der Waals surface area contributed by atoms with Crippen molar-refractivity contribution in [2.45, 2.75) is 6.92 Å². The van der Waals surface area contributed by atoms with Crippen molar-refractivity contribution in [1.29, 1.82) is 0 Å². The van der Waals surface area contributed by atoms with Gasteiger partial charge in [0.1, 0.15) is 5.82 Å². The predicted molar refractivity (Wildman–Crippen MR) is 95.7 cm³/mol. The summed E-state index contributed by atoms with van der Waals surface area (Å²) in [4.78, 5) is 20.4. The molecule has 0 aliphatic carbocycles. The van der Waals surface area contributed by atoms with Crippen LogP contribution in [-0.4, -0.2) is 43.9 Å². The summed E-state index contributed by atoms with van der Waals surface area (Å²) in [5, 5.41) is 2.65. The fourth-order valence-corrected chi connectivity index (χ4v) is 2.82. The van der Waals surface area contributed by atoms with Crippen LogP contribution in [0.3, 0.4) is 0 Å². The molecule has 1 aromatic carbocycles. The Morgan fingerprint density at radius 3 is 2.42 bits per heavy atom. The maximum Gasteiger partial charge on any atom is 0.412 e. The summed E-state index contributed by atoms with van der Waals surface area (Å²) in [5.74, 6) is 0.511. The van der Waals surface area contributed by atoms with Gasteiger partial charge < -0.3 is 14.5 Å². The van der Waals surface area contributed by atoms with Crippen LogP contribution in [0, 0.1) is 0 Å². The molecule has 0 spiro atoms. The Hall–Kier alpha value is -2.76. The average molecular weight is 326 g/mol. The molecule has 1 aromatic heterocycles. The van der Waals surface area contributed by atoms with Gasteiger partial charge >= 0.3 is 6.09 Å². The lowest BCUT2D eigenvalue weighted by molar-refractivity contribution is 0.168. The van der Waals surface area contributed by atoms with Gasteiger partial charge in [-0.2, -0.15) is 0 Å². The molecule has 1 saturated heterocycles. The molecular formula is C18H22N4O2. The minimum absolute atomic E-state index is 0.340. The van der Waals surface area contributed by atoms with Crippen molar-refractivity contribution < 1.29 is 9.53 Å². The van der Waals surface area contributed by atoms with Gasteiger partial charge in [0.25, 0.3) is 0 Å². The van der Waals surface area contributed by atoms with Gasteiger partial charge in [0, 0.05) is 49.8 Å². The second-order valence-corrected chi connectivity index (χ2v) is 5.55. The molecule has 0 atom stereocenters. The summed E-state index contributed by atoms with van der Waals surface area (Å²) in [5.41, 5.74) is 2.32. The number of hydrogen-bond donors (Lipinski definition) is 1. The van der Waals surface area contributed by atoms with E-state index < -0.39 is 6.09 Å². The van der Waals surface area contributed by atoms with Crippen LogP contribution in [0.1, 0.15) is 6.92 Å². The van der Waals surface area contributed by atoms with Gasteiger partial charge in [-0.25, -0.2) is 9.78 Å². The molecule has 1 aliphatic rings. The molecular weight excluding hydrogens is 304 g/mol. The molecule has 0 bridgehead atoms.